The molecule has 0 fully saturated rings. The number of unbranched alkanes of at least 4 members (excludes halogenated alkanes) is 1. The van der Waals surface area contributed by atoms with Gasteiger partial charge in [-0.15, -0.1) is 0 Å². The summed E-state index contributed by atoms with van der Waals surface area (Å²) in [5.41, 5.74) is 0. The van der Waals surface area contributed by atoms with Crippen molar-refractivity contribution in [2.24, 2.45) is 4.03 Å². The first-order chi connectivity index (χ1) is 12.7. The van der Waals surface area contributed by atoms with E-state index in [0.29, 0.717) is 11.3 Å². The highest BCUT2D eigenvalue weighted by atomic mass is 32.2. The van der Waals surface area contributed by atoms with Crippen molar-refractivity contribution in [1.82, 2.24) is 0 Å². The number of benzene rings is 1. The summed E-state index contributed by atoms with van der Waals surface area (Å²) in [7, 11) is -3.42. The molecule has 0 aromatic heterocycles. The standard InChI is InChI=1S/C20H31NO4SSi/c1-6-7-8-9-11-14-18(25-20(22)24-2)17-26(23,21-27(3,4)5)19-15-12-10-13-16-19/h6-8,10,12-13,15-16,18H,1,9,11,14,17H2,2-5H3/b8-7+/t18?,26-/m0/s1. The molecule has 7 heteroatoms. The van der Waals surface area contributed by atoms with Crippen LogP contribution in [0.15, 0.2) is 64.1 Å². The van der Waals surface area contributed by atoms with Gasteiger partial charge in [0.2, 0.25) is 0 Å². The molecule has 0 aliphatic heterocycles. The average Bonchev–Trinajstić information content (AvgIpc) is 2.60. The molecule has 2 atom stereocenters. The Kier molecular flexibility index (Phi) is 9.52. The Morgan fingerprint density at radius 2 is 1.96 bits per heavy atom. The van der Waals surface area contributed by atoms with Crippen LogP contribution >= 0.6 is 0 Å². The number of carbonyl (C=O) groups excluding carboxylic acids is 1. The van der Waals surface area contributed by atoms with Crippen molar-refractivity contribution in [2.45, 2.75) is 49.9 Å². The molecule has 27 heavy (non-hydrogen) atoms. The van der Waals surface area contributed by atoms with E-state index in [4.69, 9.17) is 8.77 Å². The fraction of sp³-hybridized carbons (Fsp3) is 0.450. The molecule has 0 N–H and O–H groups in total. The molecule has 1 aromatic rings. The summed E-state index contributed by atoms with van der Waals surface area (Å²) in [5.74, 6) is 0.168. The van der Waals surface area contributed by atoms with E-state index in [9.17, 15) is 9.00 Å². The largest absolute Gasteiger partial charge is 0.508 e. The molecule has 1 rings (SSSR count). The van der Waals surface area contributed by atoms with Crippen LogP contribution < -0.4 is 0 Å². The van der Waals surface area contributed by atoms with Gasteiger partial charge in [-0.05, 0) is 51.0 Å². The highest BCUT2D eigenvalue weighted by Gasteiger charge is 2.26. The second-order valence-electron chi connectivity index (χ2n) is 7.17. The van der Waals surface area contributed by atoms with E-state index < -0.39 is 30.2 Å². The minimum absolute atomic E-state index is 0.168. The number of methoxy groups -OCH3 is 1. The Morgan fingerprint density at radius 1 is 1.30 bits per heavy atom. The maximum absolute atomic E-state index is 13.8. The van der Waals surface area contributed by atoms with Crippen LogP contribution in [-0.4, -0.2) is 37.6 Å². The molecule has 150 valence electrons. The van der Waals surface area contributed by atoms with Gasteiger partial charge in [0.05, 0.1) is 22.6 Å². The topological polar surface area (TPSA) is 65.0 Å². The van der Waals surface area contributed by atoms with Gasteiger partial charge in [-0.3, -0.25) is 4.03 Å². The van der Waals surface area contributed by atoms with Gasteiger partial charge >= 0.3 is 6.16 Å². The fourth-order valence-corrected chi connectivity index (χ4v) is 8.30. The monoisotopic (exact) mass is 409 g/mol. The van der Waals surface area contributed by atoms with Crippen LogP contribution in [0.3, 0.4) is 0 Å². The van der Waals surface area contributed by atoms with E-state index in [1.54, 1.807) is 6.08 Å². The molecule has 0 spiro atoms. The van der Waals surface area contributed by atoms with Crippen molar-refractivity contribution in [3.63, 3.8) is 0 Å². The van der Waals surface area contributed by atoms with E-state index >= 15 is 0 Å². The first-order valence-corrected chi connectivity index (χ1v) is 14.2. The van der Waals surface area contributed by atoms with Crippen LogP contribution in [0, 0.1) is 0 Å². The van der Waals surface area contributed by atoms with E-state index in [1.807, 2.05) is 62.1 Å². The quantitative estimate of drug-likeness (QED) is 0.224. The molecular formula is C20H31NO4SSi. The number of rotatable bonds is 10. The van der Waals surface area contributed by atoms with Crippen molar-refractivity contribution in [2.75, 3.05) is 12.9 Å². The Hall–Kier alpha value is -1.86. The maximum Gasteiger partial charge on any atom is 0.508 e. The zero-order valence-corrected chi connectivity index (χ0v) is 18.5. The van der Waals surface area contributed by atoms with E-state index in [0.717, 1.165) is 12.8 Å². The Morgan fingerprint density at radius 3 is 2.52 bits per heavy atom. The molecular weight excluding hydrogens is 378 g/mol. The number of carbonyl (C=O) groups is 1. The molecule has 0 radical (unpaired) electrons. The zero-order valence-electron chi connectivity index (χ0n) is 16.7. The molecule has 1 aromatic carbocycles. The van der Waals surface area contributed by atoms with Gasteiger partial charge in [-0.2, -0.15) is 0 Å². The van der Waals surface area contributed by atoms with Gasteiger partial charge in [0.25, 0.3) is 0 Å². The van der Waals surface area contributed by atoms with Gasteiger partial charge in [0.15, 0.2) is 8.24 Å². The third-order valence-electron chi connectivity index (χ3n) is 3.54. The predicted molar refractivity (Wildman–Crippen MR) is 114 cm³/mol. The minimum Gasteiger partial charge on any atom is -0.438 e. The van der Waals surface area contributed by atoms with E-state index in [-0.39, 0.29) is 5.75 Å². The number of hydrogen-bond acceptors (Lipinski definition) is 5. The van der Waals surface area contributed by atoms with Gasteiger partial charge in [-0.25, -0.2) is 9.00 Å². The molecule has 5 nitrogen and oxygen atoms in total. The minimum atomic E-state index is -2.71. The highest BCUT2D eigenvalue weighted by Crippen LogP contribution is 2.22. The molecule has 0 bridgehead atoms. The average molecular weight is 410 g/mol. The van der Waals surface area contributed by atoms with Crippen LogP contribution in [0.4, 0.5) is 4.79 Å². The summed E-state index contributed by atoms with van der Waals surface area (Å²) < 4.78 is 28.6. The number of nitrogens with zero attached hydrogens (tertiary/aromatic N) is 1. The Labute approximate surface area is 164 Å². The Balaban J connectivity index is 3.11. The van der Waals surface area contributed by atoms with Crippen LogP contribution in [0.5, 0.6) is 0 Å². The van der Waals surface area contributed by atoms with Gasteiger partial charge in [0, 0.05) is 4.90 Å². The lowest BCUT2D eigenvalue weighted by Gasteiger charge is -2.22. The molecule has 0 amide bonds. The molecule has 0 heterocycles. The van der Waals surface area contributed by atoms with E-state index in [1.165, 1.54) is 7.11 Å². The summed E-state index contributed by atoms with van der Waals surface area (Å²) in [4.78, 5) is 12.4. The smallest absolute Gasteiger partial charge is 0.438 e. The van der Waals surface area contributed by atoms with Gasteiger partial charge < -0.3 is 9.47 Å². The molecule has 0 aliphatic rings. The summed E-state index contributed by atoms with van der Waals surface area (Å²) in [6, 6.07) is 9.24. The Bertz CT molecular complexity index is 747. The summed E-state index contributed by atoms with van der Waals surface area (Å²) in [6.45, 7) is 9.78. The normalized spacial score (nSPS) is 15.0. The van der Waals surface area contributed by atoms with Crippen LogP contribution in [-0.2, 0) is 19.2 Å². The number of allylic oxidation sites excluding steroid dienone is 3. The van der Waals surface area contributed by atoms with Crippen LogP contribution in [0.1, 0.15) is 19.3 Å². The maximum atomic E-state index is 13.8. The van der Waals surface area contributed by atoms with Crippen LogP contribution in [0.25, 0.3) is 0 Å². The van der Waals surface area contributed by atoms with Crippen molar-refractivity contribution in [3.8, 4) is 0 Å². The van der Waals surface area contributed by atoms with Gasteiger partial charge in [0.1, 0.15) is 6.10 Å². The van der Waals surface area contributed by atoms with Crippen molar-refractivity contribution in [1.29, 1.82) is 0 Å². The molecule has 1 unspecified atom stereocenters. The fourth-order valence-electron chi connectivity index (χ4n) is 2.53. The second-order valence-corrected chi connectivity index (χ2v) is 14.3. The summed E-state index contributed by atoms with van der Waals surface area (Å²) in [5, 5.41) is 0. The van der Waals surface area contributed by atoms with Crippen molar-refractivity contribution >= 4 is 24.1 Å². The number of hydrogen-bond donors (Lipinski definition) is 0. The third kappa shape index (κ3) is 9.06. The lowest BCUT2D eigenvalue weighted by Crippen LogP contribution is -2.30. The lowest BCUT2D eigenvalue weighted by atomic mass is 10.1. The molecule has 0 aliphatic carbocycles. The first kappa shape index (κ1) is 23.2. The molecule has 0 saturated heterocycles. The van der Waals surface area contributed by atoms with Crippen molar-refractivity contribution in [3.05, 3.63) is 55.1 Å². The predicted octanol–water partition coefficient (Wildman–Crippen LogP) is 5.41. The third-order valence-corrected chi connectivity index (χ3v) is 8.75. The summed E-state index contributed by atoms with van der Waals surface area (Å²) >= 11 is 0. The molecule has 0 saturated carbocycles. The van der Waals surface area contributed by atoms with E-state index in [2.05, 4.69) is 11.3 Å². The summed E-state index contributed by atoms with van der Waals surface area (Å²) in [6.07, 6.45) is 6.52. The first-order valence-electron chi connectivity index (χ1n) is 9.03. The highest BCUT2D eigenvalue weighted by molar-refractivity contribution is 7.94. The van der Waals surface area contributed by atoms with Crippen molar-refractivity contribution < 1.29 is 18.5 Å². The van der Waals surface area contributed by atoms with Gasteiger partial charge in [-0.1, -0.05) is 43.0 Å². The number of ether oxygens (including phenoxy) is 2. The zero-order chi connectivity index (χ0) is 20.3. The second kappa shape index (κ2) is 11.1. The SMILES string of the molecule is C=C/C=C/CCCC(C[S@@](=O)(=N[Si](C)(C)C)c1ccccc1)OC(=O)OC. The van der Waals surface area contributed by atoms with Crippen LogP contribution in [0.2, 0.25) is 19.6 Å². The lowest BCUT2D eigenvalue weighted by molar-refractivity contribution is 0.0413.